The summed E-state index contributed by atoms with van der Waals surface area (Å²) in [6.07, 6.45) is 5.92. The van der Waals surface area contributed by atoms with Crippen molar-refractivity contribution in [2.75, 3.05) is 25.7 Å². The lowest BCUT2D eigenvalue weighted by atomic mass is 10.1. The minimum absolute atomic E-state index is 0.143. The van der Waals surface area contributed by atoms with E-state index in [4.69, 9.17) is 14.2 Å². The predicted octanol–water partition coefficient (Wildman–Crippen LogP) is 4.00. The maximum atomic E-state index is 11.5. The van der Waals surface area contributed by atoms with E-state index in [1.54, 1.807) is 37.8 Å². The molecule has 29 heavy (non-hydrogen) atoms. The molecular formula is C21H25N3O4S. The Morgan fingerprint density at radius 2 is 2.17 bits per heavy atom. The van der Waals surface area contributed by atoms with E-state index in [0.29, 0.717) is 42.0 Å². The molecule has 0 aliphatic rings. The number of benzene rings is 1. The Morgan fingerprint density at radius 1 is 1.34 bits per heavy atom. The average Bonchev–Trinajstić information content (AvgIpc) is 3.14. The number of methoxy groups -OCH3 is 1. The summed E-state index contributed by atoms with van der Waals surface area (Å²) in [7, 11) is 1.59. The number of rotatable bonds is 12. The van der Waals surface area contributed by atoms with Crippen molar-refractivity contribution in [3.05, 3.63) is 59.6 Å². The highest BCUT2D eigenvalue weighted by Gasteiger charge is 2.12. The summed E-state index contributed by atoms with van der Waals surface area (Å²) >= 11 is 1.36. The molecule has 8 heteroatoms. The quantitative estimate of drug-likeness (QED) is 0.244. The van der Waals surface area contributed by atoms with Crippen LogP contribution < -0.4 is 14.9 Å². The summed E-state index contributed by atoms with van der Waals surface area (Å²) < 4.78 is 16.1. The number of nitrogens with one attached hydrogen (secondary N) is 1. The number of thiazole rings is 1. The molecule has 2 rings (SSSR count). The van der Waals surface area contributed by atoms with Gasteiger partial charge in [-0.1, -0.05) is 18.7 Å². The highest BCUT2D eigenvalue weighted by atomic mass is 32.1. The molecule has 0 spiro atoms. The van der Waals surface area contributed by atoms with Gasteiger partial charge in [-0.05, 0) is 31.0 Å². The smallest absolute Gasteiger partial charge is 0.311 e. The highest BCUT2D eigenvalue weighted by molar-refractivity contribution is 7.13. The van der Waals surface area contributed by atoms with Crippen LogP contribution in [0.25, 0.3) is 0 Å². The van der Waals surface area contributed by atoms with Gasteiger partial charge in [0.2, 0.25) is 5.13 Å². The molecule has 7 nitrogen and oxygen atoms in total. The summed E-state index contributed by atoms with van der Waals surface area (Å²) in [6.45, 7) is 9.98. The van der Waals surface area contributed by atoms with Crippen LogP contribution in [0, 0.1) is 0 Å². The molecule has 0 saturated heterocycles. The number of aromatic nitrogens is 1. The largest absolute Gasteiger partial charge is 0.493 e. The Balaban J connectivity index is 2.10. The molecule has 0 amide bonds. The standard InChI is InChI=1S/C21H25N3O4S/c1-5-8-16-10-15(11-18(26-4)20(16)28-9-6-2)13-22-24-21-23-17(14-29-21)12-19(25)27-7-3/h5-6,10-11,13-14H,1-2,7-9,12H2,3-4H3,(H,23,24). The number of hydrogen-bond acceptors (Lipinski definition) is 8. The predicted molar refractivity (Wildman–Crippen MR) is 116 cm³/mol. The van der Waals surface area contributed by atoms with Crippen LogP contribution in [0.5, 0.6) is 11.5 Å². The molecule has 0 unspecified atom stereocenters. The zero-order chi connectivity index (χ0) is 21.1. The first-order valence-corrected chi connectivity index (χ1v) is 9.93. The van der Waals surface area contributed by atoms with E-state index in [9.17, 15) is 4.79 Å². The number of ether oxygens (including phenoxy) is 3. The Morgan fingerprint density at radius 3 is 2.86 bits per heavy atom. The third-order valence-electron chi connectivity index (χ3n) is 3.64. The average molecular weight is 416 g/mol. The molecule has 0 aliphatic heterocycles. The van der Waals surface area contributed by atoms with Gasteiger partial charge in [0.15, 0.2) is 11.5 Å². The van der Waals surface area contributed by atoms with E-state index in [2.05, 4.69) is 28.7 Å². The van der Waals surface area contributed by atoms with Gasteiger partial charge in [0, 0.05) is 10.9 Å². The summed E-state index contributed by atoms with van der Waals surface area (Å²) in [5.41, 5.74) is 5.29. The van der Waals surface area contributed by atoms with Gasteiger partial charge in [0.05, 0.1) is 32.0 Å². The fourth-order valence-electron chi connectivity index (χ4n) is 2.48. The SMILES string of the molecule is C=CCOc1c(CC=C)cc(C=NNc2nc(CC(=O)OCC)cs2)cc1OC. The fourth-order valence-corrected chi connectivity index (χ4v) is 3.14. The molecule has 1 heterocycles. The van der Waals surface area contributed by atoms with Gasteiger partial charge < -0.3 is 14.2 Å². The molecule has 1 N–H and O–H groups in total. The topological polar surface area (TPSA) is 82.0 Å². The lowest BCUT2D eigenvalue weighted by molar-refractivity contribution is -0.142. The maximum absolute atomic E-state index is 11.5. The van der Waals surface area contributed by atoms with Crippen LogP contribution in [0.4, 0.5) is 5.13 Å². The minimum Gasteiger partial charge on any atom is -0.493 e. The molecular weight excluding hydrogens is 390 g/mol. The van der Waals surface area contributed by atoms with E-state index < -0.39 is 0 Å². The Bertz CT molecular complexity index is 877. The Hall–Kier alpha value is -3.13. The van der Waals surface area contributed by atoms with Gasteiger partial charge in [0.25, 0.3) is 0 Å². The van der Waals surface area contributed by atoms with Gasteiger partial charge >= 0.3 is 5.97 Å². The van der Waals surface area contributed by atoms with E-state index in [1.165, 1.54) is 11.3 Å². The summed E-state index contributed by atoms with van der Waals surface area (Å²) in [6, 6.07) is 3.80. The number of esters is 1. The minimum atomic E-state index is -0.298. The van der Waals surface area contributed by atoms with Crippen LogP contribution >= 0.6 is 11.3 Å². The first-order valence-electron chi connectivity index (χ1n) is 9.05. The number of carbonyl (C=O) groups excluding carboxylic acids is 1. The summed E-state index contributed by atoms with van der Waals surface area (Å²) in [4.78, 5) is 15.8. The van der Waals surface area contributed by atoms with Crippen molar-refractivity contribution in [3.8, 4) is 11.5 Å². The number of anilines is 1. The number of hydrazone groups is 1. The van der Waals surface area contributed by atoms with Crippen molar-refractivity contribution in [2.24, 2.45) is 5.10 Å². The number of hydrogen-bond donors (Lipinski definition) is 1. The zero-order valence-electron chi connectivity index (χ0n) is 16.6. The van der Waals surface area contributed by atoms with Gasteiger partial charge in [-0.25, -0.2) is 4.98 Å². The van der Waals surface area contributed by atoms with Crippen molar-refractivity contribution < 1.29 is 19.0 Å². The zero-order valence-corrected chi connectivity index (χ0v) is 17.5. The molecule has 1 aromatic heterocycles. The Kier molecular flexibility index (Phi) is 8.91. The second kappa shape index (κ2) is 11.7. The van der Waals surface area contributed by atoms with Crippen molar-refractivity contribution in [1.82, 2.24) is 4.98 Å². The number of nitrogens with zero attached hydrogens (tertiary/aromatic N) is 2. The second-order valence-electron chi connectivity index (χ2n) is 5.80. The normalized spacial score (nSPS) is 10.6. The molecule has 0 fully saturated rings. The van der Waals surface area contributed by atoms with Crippen molar-refractivity contribution >= 4 is 28.7 Å². The van der Waals surface area contributed by atoms with Crippen molar-refractivity contribution in [1.29, 1.82) is 0 Å². The second-order valence-corrected chi connectivity index (χ2v) is 6.66. The molecule has 0 radical (unpaired) electrons. The lowest BCUT2D eigenvalue weighted by Crippen LogP contribution is -2.07. The van der Waals surface area contributed by atoms with Crippen LogP contribution in [0.2, 0.25) is 0 Å². The first-order chi connectivity index (χ1) is 14.1. The van der Waals surface area contributed by atoms with Crippen molar-refractivity contribution in [2.45, 2.75) is 19.8 Å². The first kappa shape index (κ1) is 22.2. The van der Waals surface area contributed by atoms with Gasteiger partial charge in [-0.2, -0.15) is 5.10 Å². The van der Waals surface area contributed by atoms with Crippen LogP contribution in [-0.4, -0.2) is 37.5 Å². The monoisotopic (exact) mass is 415 g/mol. The molecule has 0 bridgehead atoms. The number of allylic oxidation sites excluding steroid dienone is 1. The third kappa shape index (κ3) is 6.76. The highest BCUT2D eigenvalue weighted by Crippen LogP contribution is 2.33. The van der Waals surface area contributed by atoms with E-state index >= 15 is 0 Å². The fraction of sp³-hybridized carbons (Fsp3) is 0.286. The van der Waals surface area contributed by atoms with E-state index in [-0.39, 0.29) is 12.4 Å². The molecule has 0 atom stereocenters. The van der Waals surface area contributed by atoms with E-state index in [1.807, 2.05) is 12.1 Å². The van der Waals surface area contributed by atoms with Gasteiger partial charge in [0.1, 0.15) is 6.61 Å². The van der Waals surface area contributed by atoms with Crippen LogP contribution in [0.1, 0.15) is 23.7 Å². The van der Waals surface area contributed by atoms with Gasteiger partial charge in [-0.15, -0.1) is 17.9 Å². The summed E-state index contributed by atoms with van der Waals surface area (Å²) in [5, 5.41) is 6.61. The third-order valence-corrected chi connectivity index (χ3v) is 4.44. The number of carbonyl (C=O) groups is 1. The van der Waals surface area contributed by atoms with E-state index in [0.717, 1.165) is 11.1 Å². The van der Waals surface area contributed by atoms with Gasteiger partial charge in [-0.3, -0.25) is 10.2 Å². The maximum Gasteiger partial charge on any atom is 0.311 e. The lowest BCUT2D eigenvalue weighted by Gasteiger charge is -2.14. The molecule has 154 valence electrons. The van der Waals surface area contributed by atoms with Crippen LogP contribution in [-0.2, 0) is 22.4 Å². The molecule has 0 aliphatic carbocycles. The van der Waals surface area contributed by atoms with Crippen LogP contribution in [0.15, 0.2) is 47.9 Å². The van der Waals surface area contributed by atoms with Crippen LogP contribution in [0.3, 0.4) is 0 Å². The summed E-state index contributed by atoms with van der Waals surface area (Å²) in [5.74, 6) is 0.980. The molecule has 2 aromatic rings. The molecule has 1 aromatic carbocycles. The van der Waals surface area contributed by atoms with Crippen molar-refractivity contribution in [3.63, 3.8) is 0 Å². The Labute approximate surface area is 174 Å². The molecule has 0 saturated carbocycles.